The van der Waals surface area contributed by atoms with Gasteiger partial charge in [-0.3, -0.25) is 4.79 Å². The molecule has 0 fully saturated rings. The average molecular weight is 382 g/mol. The summed E-state index contributed by atoms with van der Waals surface area (Å²) in [6.45, 7) is 1.85. The summed E-state index contributed by atoms with van der Waals surface area (Å²) in [7, 11) is 1.57. The molecule has 0 aromatic heterocycles. The van der Waals surface area contributed by atoms with Gasteiger partial charge >= 0.3 is 5.97 Å². The number of para-hydroxylation sites is 1. The number of nitrogens with one attached hydrogen (secondary N) is 1. The van der Waals surface area contributed by atoms with E-state index in [1.54, 1.807) is 43.5 Å². The van der Waals surface area contributed by atoms with Crippen molar-refractivity contribution in [3.63, 3.8) is 0 Å². The monoisotopic (exact) mass is 381 g/mol. The highest BCUT2D eigenvalue weighted by atomic mass is 35.5. The second-order valence-electron chi connectivity index (χ2n) is 5.27. The molecule has 0 radical (unpaired) electrons. The van der Waals surface area contributed by atoms with Gasteiger partial charge in [-0.2, -0.15) is 0 Å². The fraction of sp³-hybridized carbons (Fsp3) is 0.222. The molecule has 0 aliphatic carbocycles. The summed E-state index contributed by atoms with van der Waals surface area (Å²) in [4.78, 5) is 24.4. The molecule has 25 heavy (non-hydrogen) atoms. The van der Waals surface area contributed by atoms with Crippen LogP contribution in [0.5, 0.6) is 0 Å². The molecule has 0 saturated carbocycles. The number of halogens is 2. The van der Waals surface area contributed by atoms with Crippen LogP contribution < -0.4 is 5.32 Å². The van der Waals surface area contributed by atoms with Crippen LogP contribution in [0.1, 0.15) is 22.8 Å². The first-order valence-corrected chi connectivity index (χ1v) is 8.21. The molecule has 2 aromatic rings. The predicted molar refractivity (Wildman–Crippen MR) is 97.1 cm³/mol. The van der Waals surface area contributed by atoms with Gasteiger partial charge in [0.25, 0.3) is 5.91 Å². The zero-order valence-corrected chi connectivity index (χ0v) is 15.2. The zero-order chi connectivity index (χ0) is 18.4. The Balaban J connectivity index is 2.03. The first-order chi connectivity index (χ1) is 11.9. The van der Waals surface area contributed by atoms with E-state index in [1.165, 1.54) is 6.92 Å². The zero-order valence-electron chi connectivity index (χ0n) is 13.7. The van der Waals surface area contributed by atoms with Gasteiger partial charge < -0.3 is 14.8 Å². The highest BCUT2D eigenvalue weighted by Gasteiger charge is 2.21. The lowest BCUT2D eigenvalue weighted by atomic mass is 10.1. The number of benzene rings is 2. The number of rotatable bonds is 6. The van der Waals surface area contributed by atoms with Crippen LogP contribution in [0.15, 0.2) is 42.5 Å². The number of ether oxygens (including phenoxy) is 2. The molecular weight excluding hydrogens is 365 g/mol. The van der Waals surface area contributed by atoms with Crippen LogP contribution in [-0.2, 0) is 20.9 Å². The summed E-state index contributed by atoms with van der Waals surface area (Å²) in [5, 5.41) is 3.16. The summed E-state index contributed by atoms with van der Waals surface area (Å²) in [6, 6.07) is 11.7. The molecule has 2 aromatic carbocycles. The van der Waals surface area contributed by atoms with Gasteiger partial charge in [0.05, 0.1) is 27.9 Å². The van der Waals surface area contributed by atoms with Gasteiger partial charge in [-0.05, 0) is 36.8 Å². The van der Waals surface area contributed by atoms with E-state index in [1.807, 2.05) is 6.07 Å². The normalized spacial score (nSPS) is 11.7. The average Bonchev–Trinajstić information content (AvgIpc) is 2.58. The maximum Gasteiger partial charge on any atom is 0.338 e. The van der Waals surface area contributed by atoms with Gasteiger partial charge in [-0.25, -0.2) is 4.79 Å². The Kier molecular flexibility index (Phi) is 6.82. The number of amides is 1. The molecule has 0 aliphatic rings. The van der Waals surface area contributed by atoms with Gasteiger partial charge in [0.1, 0.15) is 0 Å². The van der Waals surface area contributed by atoms with Gasteiger partial charge in [0, 0.05) is 7.11 Å². The summed E-state index contributed by atoms with van der Waals surface area (Å²) < 4.78 is 10.2. The molecule has 0 spiro atoms. The second kappa shape index (κ2) is 8.85. The third-order valence-electron chi connectivity index (χ3n) is 3.34. The molecule has 0 unspecified atom stereocenters. The number of carbonyl (C=O) groups excluding carboxylic acids is 2. The van der Waals surface area contributed by atoms with Gasteiger partial charge in [-0.15, -0.1) is 0 Å². The first kappa shape index (κ1) is 19.2. The quantitative estimate of drug-likeness (QED) is 0.756. The van der Waals surface area contributed by atoms with Crippen LogP contribution in [0.2, 0.25) is 10.0 Å². The molecule has 7 heteroatoms. The van der Waals surface area contributed by atoms with Crippen LogP contribution in [0, 0.1) is 0 Å². The summed E-state index contributed by atoms with van der Waals surface area (Å²) >= 11 is 12.0. The molecular formula is C18H17Cl2NO4. The molecule has 2 rings (SSSR count). The lowest BCUT2D eigenvalue weighted by molar-refractivity contribution is -0.123. The Hall–Kier alpha value is -2.08. The van der Waals surface area contributed by atoms with Crippen molar-refractivity contribution in [2.75, 3.05) is 12.4 Å². The molecule has 0 heterocycles. The van der Waals surface area contributed by atoms with Crippen molar-refractivity contribution < 1.29 is 19.1 Å². The third kappa shape index (κ3) is 5.19. The largest absolute Gasteiger partial charge is 0.449 e. The molecule has 0 bridgehead atoms. The van der Waals surface area contributed by atoms with Crippen molar-refractivity contribution in [1.82, 2.24) is 0 Å². The fourth-order valence-electron chi connectivity index (χ4n) is 2.08. The molecule has 1 N–H and O–H groups in total. The number of carbonyl (C=O) groups is 2. The highest BCUT2D eigenvalue weighted by molar-refractivity contribution is 6.39. The highest BCUT2D eigenvalue weighted by Crippen LogP contribution is 2.29. The Morgan fingerprint density at radius 3 is 2.40 bits per heavy atom. The molecule has 5 nitrogen and oxygen atoms in total. The smallest absolute Gasteiger partial charge is 0.338 e. The van der Waals surface area contributed by atoms with E-state index in [2.05, 4.69) is 5.32 Å². The lowest BCUT2D eigenvalue weighted by Crippen LogP contribution is -2.30. The molecule has 132 valence electrons. The third-order valence-corrected chi connectivity index (χ3v) is 3.97. The maximum absolute atomic E-state index is 12.2. The minimum atomic E-state index is -1.02. The topological polar surface area (TPSA) is 64.6 Å². The SMILES string of the molecule is COCc1cccc(C(=O)O[C@@H](C)C(=O)Nc2c(Cl)cccc2Cl)c1. The Morgan fingerprint density at radius 1 is 1.12 bits per heavy atom. The van der Waals surface area contributed by atoms with E-state index in [0.717, 1.165) is 5.56 Å². The Labute approximate surface area is 155 Å². The van der Waals surface area contributed by atoms with Crippen LogP contribution >= 0.6 is 23.2 Å². The van der Waals surface area contributed by atoms with Crippen LogP contribution in [0.4, 0.5) is 5.69 Å². The number of hydrogen-bond acceptors (Lipinski definition) is 4. The van der Waals surface area contributed by atoms with Crippen LogP contribution in [-0.4, -0.2) is 25.1 Å². The van der Waals surface area contributed by atoms with Gasteiger partial charge in [0.15, 0.2) is 6.10 Å². The maximum atomic E-state index is 12.2. The summed E-state index contributed by atoms with van der Waals surface area (Å²) in [5.74, 6) is -1.14. The molecule has 1 amide bonds. The van der Waals surface area contributed by atoms with Crippen molar-refractivity contribution >= 4 is 40.8 Å². The van der Waals surface area contributed by atoms with E-state index in [4.69, 9.17) is 32.7 Å². The van der Waals surface area contributed by atoms with Crippen LogP contribution in [0.25, 0.3) is 0 Å². The van der Waals surface area contributed by atoms with Crippen molar-refractivity contribution in [3.05, 3.63) is 63.6 Å². The standard InChI is InChI=1S/C18H17Cl2NO4/c1-11(17(22)21-16-14(19)7-4-8-15(16)20)25-18(23)13-6-3-5-12(9-13)10-24-2/h3-9,11H,10H2,1-2H3,(H,21,22)/t11-/m0/s1. The van der Waals surface area contributed by atoms with Crippen molar-refractivity contribution in [1.29, 1.82) is 0 Å². The van der Waals surface area contributed by atoms with E-state index < -0.39 is 18.0 Å². The number of methoxy groups -OCH3 is 1. The second-order valence-corrected chi connectivity index (χ2v) is 6.08. The van der Waals surface area contributed by atoms with E-state index in [-0.39, 0.29) is 5.69 Å². The van der Waals surface area contributed by atoms with Crippen molar-refractivity contribution in [3.8, 4) is 0 Å². The van der Waals surface area contributed by atoms with Crippen LogP contribution in [0.3, 0.4) is 0 Å². The Bertz CT molecular complexity index is 759. The Morgan fingerprint density at radius 2 is 1.76 bits per heavy atom. The fourth-order valence-corrected chi connectivity index (χ4v) is 2.57. The summed E-state index contributed by atoms with van der Waals surface area (Å²) in [5.41, 5.74) is 1.45. The minimum absolute atomic E-state index is 0.279. The lowest BCUT2D eigenvalue weighted by Gasteiger charge is -2.15. The van der Waals surface area contributed by atoms with Crippen molar-refractivity contribution in [2.24, 2.45) is 0 Å². The van der Waals surface area contributed by atoms with E-state index >= 15 is 0 Å². The number of anilines is 1. The van der Waals surface area contributed by atoms with E-state index in [0.29, 0.717) is 22.2 Å². The molecule has 1 atom stereocenters. The van der Waals surface area contributed by atoms with Crippen molar-refractivity contribution in [2.45, 2.75) is 19.6 Å². The van der Waals surface area contributed by atoms with Gasteiger partial charge in [-0.1, -0.05) is 41.4 Å². The first-order valence-electron chi connectivity index (χ1n) is 7.46. The molecule has 0 saturated heterocycles. The number of esters is 1. The minimum Gasteiger partial charge on any atom is -0.449 e. The molecule has 0 aliphatic heterocycles. The van der Waals surface area contributed by atoms with E-state index in [9.17, 15) is 9.59 Å². The van der Waals surface area contributed by atoms with Gasteiger partial charge in [0.2, 0.25) is 0 Å². The summed E-state index contributed by atoms with van der Waals surface area (Å²) in [6.07, 6.45) is -1.02. The predicted octanol–water partition coefficient (Wildman–Crippen LogP) is 4.32. The number of hydrogen-bond donors (Lipinski definition) is 1.